The van der Waals surface area contributed by atoms with Crippen molar-refractivity contribution >= 4 is 23.4 Å². The summed E-state index contributed by atoms with van der Waals surface area (Å²) >= 11 is 6.33. The Morgan fingerprint density at radius 2 is 2.27 bits per heavy atom. The van der Waals surface area contributed by atoms with Crippen LogP contribution in [-0.2, 0) is 19.1 Å². The van der Waals surface area contributed by atoms with Crippen molar-refractivity contribution in [1.82, 2.24) is 0 Å². The van der Waals surface area contributed by atoms with Gasteiger partial charge in [-0.25, -0.2) is 4.79 Å². The number of carbonyl (C=O) groups is 2. The number of methoxy groups -OCH3 is 1. The van der Waals surface area contributed by atoms with Crippen LogP contribution in [-0.4, -0.2) is 25.0 Å². The molecule has 2 aliphatic carbocycles. The van der Waals surface area contributed by atoms with Crippen molar-refractivity contribution < 1.29 is 19.1 Å². The summed E-state index contributed by atoms with van der Waals surface area (Å²) in [6.45, 7) is 0. The van der Waals surface area contributed by atoms with Gasteiger partial charge in [-0.05, 0) is 23.6 Å². The van der Waals surface area contributed by atoms with Gasteiger partial charge in [0.2, 0.25) is 0 Å². The topological polar surface area (TPSA) is 52.6 Å². The van der Waals surface area contributed by atoms with E-state index in [0.717, 1.165) is 17.6 Å². The molecule has 0 radical (unpaired) electrons. The minimum Gasteiger partial charge on any atom is -0.492 e. The van der Waals surface area contributed by atoms with E-state index in [1.807, 2.05) is 18.2 Å². The highest BCUT2D eigenvalue weighted by atomic mass is 35.5. The first-order valence-corrected chi connectivity index (χ1v) is 7.41. The Morgan fingerprint density at radius 1 is 1.45 bits per heavy atom. The molecule has 0 saturated heterocycles. The number of Topliss-reactive ketones (excluding diaryl/α,β-unsaturated/α-hetero) is 1. The van der Waals surface area contributed by atoms with E-state index in [1.54, 1.807) is 0 Å². The molecule has 22 heavy (non-hydrogen) atoms. The van der Waals surface area contributed by atoms with E-state index < -0.39 is 12.1 Å². The summed E-state index contributed by atoms with van der Waals surface area (Å²) in [5.74, 6) is -0.739. The molecular formula is C17H15ClO4. The van der Waals surface area contributed by atoms with Crippen LogP contribution in [0.3, 0.4) is 0 Å². The van der Waals surface area contributed by atoms with Gasteiger partial charge in [0, 0.05) is 11.0 Å². The third kappa shape index (κ3) is 2.55. The molecule has 0 N–H and O–H groups in total. The number of allylic oxidation sites excluding steroid dienone is 6. The van der Waals surface area contributed by atoms with Gasteiger partial charge >= 0.3 is 5.97 Å². The zero-order valence-corrected chi connectivity index (χ0v) is 12.8. The van der Waals surface area contributed by atoms with Crippen molar-refractivity contribution in [3.63, 3.8) is 0 Å². The lowest BCUT2D eigenvalue weighted by Gasteiger charge is -2.30. The van der Waals surface area contributed by atoms with Gasteiger partial charge in [-0.1, -0.05) is 35.9 Å². The van der Waals surface area contributed by atoms with E-state index in [-0.39, 0.29) is 23.7 Å². The highest BCUT2D eigenvalue weighted by Crippen LogP contribution is 2.39. The van der Waals surface area contributed by atoms with E-state index in [9.17, 15) is 9.59 Å². The molecule has 114 valence electrons. The molecule has 2 unspecified atom stereocenters. The maximum absolute atomic E-state index is 12.1. The predicted molar refractivity (Wildman–Crippen MR) is 81.9 cm³/mol. The molecule has 0 spiro atoms. The Bertz CT molecular complexity index is 679. The van der Waals surface area contributed by atoms with E-state index >= 15 is 0 Å². The summed E-state index contributed by atoms with van der Waals surface area (Å²) in [5, 5.41) is 0.672. The lowest BCUT2D eigenvalue weighted by molar-refractivity contribution is -0.138. The molecule has 3 rings (SSSR count). The van der Waals surface area contributed by atoms with Crippen molar-refractivity contribution in [3.8, 4) is 0 Å². The monoisotopic (exact) mass is 318 g/mol. The summed E-state index contributed by atoms with van der Waals surface area (Å²) in [4.78, 5) is 23.6. The van der Waals surface area contributed by atoms with Gasteiger partial charge in [0.05, 0.1) is 13.5 Å². The quantitative estimate of drug-likeness (QED) is 0.580. The standard InChI is InChI=1S/C17H15ClO4/c1-21-17(20)12-9-22-15(8-14(12)19)11-6-2-4-10-5-3-7-13(18)16(10)11/h2-3,5-7,9-10,15H,4,8H2,1H3. The number of carbonyl (C=O) groups excluding carboxylic acids is 2. The molecule has 0 bridgehead atoms. The first-order chi connectivity index (χ1) is 10.6. The van der Waals surface area contributed by atoms with Crippen LogP contribution in [0.25, 0.3) is 0 Å². The highest BCUT2D eigenvalue weighted by Gasteiger charge is 2.33. The third-order valence-corrected chi connectivity index (χ3v) is 4.32. The number of hydrogen-bond donors (Lipinski definition) is 0. The average Bonchev–Trinajstić information content (AvgIpc) is 2.54. The number of hydrogen-bond acceptors (Lipinski definition) is 4. The molecule has 0 aromatic heterocycles. The molecule has 0 aromatic carbocycles. The highest BCUT2D eigenvalue weighted by molar-refractivity contribution is 6.32. The van der Waals surface area contributed by atoms with Crippen LogP contribution in [0, 0.1) is 5.92 Å². The molecule has 0 aromatic rings. The fraction of sp³-hybridized carbons (Fsp3) is 0.294. The lowest BCUT2D eigenvalue weighted by Crippen LogP contribution is -2.29. The van der Waals surface area contributed by atoms with Gasteiger partial charge in [0.1, 0.15) is 17.9 Å². The molecule has 5 heteroatoms. The fourth-order valence-corrected chi connectivity index (χ4v) is 3.22. The second-order valence-electron chi connectivity index (χ2n) is 5.29. The summed E-state index contributed by atoms with van der Waals surface area (Å²) in [6.07, 6.45) is 11.6. The van der Waals surface area contributed by atoms with Crippen LogP contribution in [0.1, 0.15) is 12.8 Å². The number of fused-ring (bicyclic) bond motifs is 1. The SMILES string of the molecule is COC(=O)C1=COC(C2=C3C(Cl)=CC=CC3CC=C2)CC1=O. The minimum atomic E-state index is -0.670. The Kier molecular flexibility index (Phi) is 4.03. The Morgan fingerprint density at radius 3 is 3.00 bits per heavy atom. The van der Waals surface area contributed by atoms with Crippen LogP contribution in [0.4, 0.5) is 0 Å². The third-order valence-electron chi connectivity index (χ3n) is 3.99. The molecule has 1 aliphatic heterocycles. The summed E-state index contributed by atoms with van der Waals surface area (Å²) in [5.41, 5.74) is 1.85. The molecule has 0 saturated carbocycles. The summed E-state index contributed by atoms with van der Waals surface area (Å²) in [7, 11) is 1.24. The zero-order valence-electron chi connectivity index (χ0n) is 12.0. The smallest absolute Gasteiger partial charge is 0.344 e. The Balaban J connectivity index is 1.92. The molecule has 0 amide bonds. The van der Waals surface area contributed by atoms with Gasteiger partial charge in [-0.2, -0.15) is 0 Å². The molecule has 1 heterocycles. The number of ether oxygens (including phenoxy) is 2. The van der Waals surface area contributed by atoms with Crippen molar-refractivity contribution in [2.75, 3.05) is 7.11 Å². The van der Waals surface area contributed by atoms with Crippen molar-refractivity contribution in [1.29, 1.82) is 0 Å². The molecule has 4 nitrogen and oxygen atoms in total. The molecule has 3 aliphatic rings. The van der Waals surface area contributed by atoms with E-state index in [2.05, 4.69) is 16.9 Å². The number of ketones is 1. The molecule has 2 atom stereocenters. The number of esters is 1. The largest absolute Gasteiger partial charge is 0.492 e. The maximum atomic E-state index is 12.1. The van der Waals surface area contributed by atoms with Crippen LogP contribution < -0.4 is 0 Å². The van der Waals surface area contributed by atoms with Gasteiger partial charge in [-0.3, -0.25) is 4.79 Å². The maximum Gasteiger partial charge on any atom is 0.344 e. The number of rotatable bonds is 2. The Labute approximate surface area is 133 Å². The van der Waals surface area contributed by atoms with Crippen molar-refractivity contribution in [2.45, 2.75) is 18.9 Å². The second-order valence-corrected chi connectivity index (χ2v) is 5.70. The van der Waals surface area contributed by atoms with Gasteiger partial charge < -0.3 is 9.47 Å². The normalized spacial score (nSPS) is 26.9. The number of halogens is 1. The van der Waals surface area contributed by atoms with Crippen LogP contribution in [0.5, 0.6) is 0 Å². The lowest BCUT2D eigenvalue weighted by atomic mass is 9.81. The zero-order chi connectivity index (χ0) is 15.7. The minimum absolute atomic E-state index is 0.0501. The first-order valence-electron chi connectivity index (χ1n) is 7.04. The van der Waals surface area contributed by atoms with Crippen molar-refractivity contribution in [3.05, 3.63) is 58.4 Å². The van der Waals surface area contributed by atoms with Crippen LogP contribution in [0.15, 0.2) is 58.4 Å². The van der Waals surface area contributed by atoms with E-state index in [1.165, 1.54) is 13.4 Å². The van der Waals surface area contributed by atoms with Gasteiger partial charge in [0.25, 0.3) is 0 Å². The van der Waals surface area contributed by atoms with E-state index in [4.69, 9.17) is 16.3 Å². The van der Waals surface area contributed by atoms with Gasteiger partial charge in [0.15, 0.2) is 5.78 Å². The first kappa shape index (κ1) is 14.9. The fourth-order valence-electron chi connectivity index (χ4n) is 2.90. The van der Waals surface area contributed by atoms with Crippen molar-refractivity contribution in [2.24, 2.45) is 5.92 Å². The average molecular weight is 319 g/mol. The molecule has 0 fully saturated rings. The van der Waals surface area contributed by atoms with Crippen LogP contribution in [0.2, 0.25) is 0 Å². The van der Waals surface area contributed by atoms with Gasteiger partial charge in [-0.15, -0.1) is 0 Å². The molecular weight excluding hydrogens is 304 g/mol. The predicted octanol–water partition coefficient (Wildman–Crippen LogP) is 2.97. The summed E-state index contributed by atoms with van der Waals surface area (Å²) in [6, 6.07) is 0. The van der Waals surface area contributed by atoms with E-state index in [0.29, 0.717) is 5.03 Å². The summed E-state index contributed by atoms with van der Waals surface area (Å²) < 4.78 is 10.2. The Hall–Kier alpha value is -2.07. The second kappa shape index (κ2) is 5.97. The van der Waals surface area contributed by atoms with Crippen LogP contribution >= 0.6 is 11.6 Å².